The number of anilines is 1. The number of carbonyl (C=O) groups excluding carboxylic acids is 1. The van der Waals surface area contributed by atoms with Gasteiger partial charge in [0.25, 0.3) is 0 Å². The first-order valence-corrected chi connectivity index (χ1v) is 9.72. The number of hydrogen-bond donors (Lipinski definition) is 1. The fourth-order valence-electron chi connectivity index (χ4n) is 3.74. The molecule has 31 heavy (non-hydrogen) atoms. The lowest BCUT2D eigenvalue weighted by Crippen LogP contribution is -2.60. The summed E-state index contributed by atoms with van der Waals surface area (Å²) in [5.74, 6) is -3.53. The number of alkyl halides is 3. The number of terminal acetylenes is 1. The maximum absolute atomic E-state index is 15.2. The molecule has 6 nitrogen and oxygen atoms in total. The molecule has 1 aromatic rings. The lowest BCUT2D eigenvalue weighted by Gasteiger charge is -2.42. The highest BCUT2D eigenvalue weighted by Gasteiger charge is 2.50. The molecule has 1 heterocycles. The fraction of sp³-hybridized carbons (Fsp3) is 0.500. The predicted octanol–water partition coefficient (Wildman–Crippen LogP) is 3.80. The smallest absolute Gasteiger partial charge is 0.392 e. The molecule has 0 spiro atoms. The predicted molar refractivity (Wildman–Crippen MR) is 101 cm³/mol. The van der Waals surface area contributed by atoms with Gasteiger partial charge in [-0.1, -0.05) is 11.6 Å². The molecule has 1 amide bonds. The Morgan fingerprint density at radius 3 is 2.42 bits per heavy atom. The number of halogens is 5. The van der Waals surface area contributed by atoms with Crippen molar-refractivity contribution in [3.63, 3.8) is 0 Å². The number of rotatable bonds is 5. The molecule has 1 aliphatic carbocycles. The maximum atomic E-state index is 15.2. The second-order valence-electron chi connectivity index (χ2n) is 7.39. The van der Waals surface area contributed by atoms with E-state index in [1.54, 1.807) is 5.92 Å². The van der Waals surface area contributed by atoms with Gasteiger partial charge in [-0.25, -0.2) is 9.18 Å². The van der Waals surface area contributed by atoms with Crippen LogP contribution in [0.4, 0.5) is 23.2 Å². The van der Waals surface area contributed by atoms with Gasteiger partial charge >= 0.3 is 18.1 Å². The molecule has 1 aromatic carbocycles. The number of hydrogen-bond acceptors (Lipinski definition) is 4. The minimum absolute atomic E-state index is 0.0131. The average molecular weight is 464 g/mol. The van der Waals surface area contributed by atoms with Crippen molar-refractivity contribution in [3.05, 3.63) is 23.0 Å². The molecule has 2 aliphatic rings. The van der Waals surface area contributed by atoms with E-state index < -0.39 is 52.1 Å². The minimum Gasteiger partial charge on any atom is -0.489 e. The molecule has 0 bridgehead atoms. The Hall–Kier alpha value is -2.51. The summed E-state index contributed by atoms with van der Waals surface area (Å²) in [7, 11) is 0. The van der Waals surface area contributed by atoms with Crippen LogP contribution >= 0.6 is 11.6 Å². The van der Waals surface area contributed by atoms with Crippen molar-refractivity contribution in [3.8, 4) is 18.1 Å². The third-order valence-electron chi connectivity index (χ3n) is 5.59. The van der Waals surface area contributed by atoms with Gasteiger partial charge in [-0.05, 0) is 30.9 Å². The van der Waals surface area contributed by atoms with Crippen molar-refractivity contribution in [2.24, 2.45) is 5.92 Å². The number of aliphatic carboxylic acids is 1. The monoisotopic (exact) mass is 463 g/mol. The summed E-state index contributed by atoms with van der Waals surface area (Å²) in [5, 5.41) is 9.25. The lowest BCUT2D eigenvalue weighted by molar-refractivity contribution is -0.210. The van der Waals surface area contributed by atoms with E-state index in [0.717, 1.165) is 6.07 Å². The normalized spacial score (nSPS) is 22.7. The number of carbonyl (C=O) groups is 2. The maximum Gasteiger partial charge on any atom is 0.392 e. The van der Waals surface area contributed by atoms with Crippen LogP contribution in [0.1, 0.15) is 25.7 Å². The first-order valence-electron chi connectivity index (χ1n) is 9.34. The van der Waals surface area contributed by atoms with Gasteiger partial charge in [0.15, 0.2) is 11.4 Å². The zero-order chi connectivity index (χ0) is 23.0. The highest BCUT2D eigenvalue weighted by atomic mass is 35.5. The second kappa shape index (κ2) is 8.55. The Morgan fingerprint density at radius 2 is 1.90 bits per heavy atom. The molecule has 1 aliphatic heterocycles. The van der Waals surface area contributed by atoms with Crippen molar-refractivity contribution in [1.29, 1.82) is 0 Å². The zero-order valence-electron chi connectivity index (χ0n) is 16.0. The van der Waals surface area contributed by atoms with Crippen LogP contribution in [0.3, 0.4) is 0 Å². The van der Waals surface area contributed by atoms with Crippen molar-refractivity contribution in [1.82, 2.24) is 0 Å². The molecule has 0 aromatic heterocycles. The SMILES string of the molecule is C#CC(=O)N(c1ccc(OC2CC(C(F)(F)F)C2)c(Cl)c1F)C1(C(=O)O)CCOCC1. The summed E-state index contributed by atoms with van der Waals surface area (Å²) in [6.45, 7) is 0.0263. The molecular weight excluding hydrogens is 446 g/mol. The third kappa shape index (κ3) is 4.29. The van der Waals surface area contributed by atoms with E-state index in [1.807, 2.05) is 0 Å². The van der Waals surface area contributed by atoms with Crippen molar-refractivity contribution in [2.75, 3.05) is 18.1 Å². The Labute approximate surface area is 180 Å². The Balaban J connectivity index is 1.92. The van der Waals surface area contributed by atoms with Crippen LogP contribution in [-0.2, 0) is 14.3 Å². The molecule has 11 heteroatoms. The largest absolute Gasteiger partial charge is 0.489 e. The van der Waals surface area contributed by atoms with E-state index in [2.05, 4.69) is 0 Å². The van der Waals surface area contributed by atoms with Gasteiger partial charge < -0.3 is 14.6 Å². The van der Waals surface area contributed by atoms with Crippen molar-refractivity contribution < 1.29 is 41.7 Å². The third-order valence-corrected chi connectivity index (χ3v) is 5.94. The molecule has 1 N–H and O–H groups in total. The second-order valence-corrected chi connectivity index (χ2v) is 7.77. The first kappa shape index (κ1) is 23.2. The van der Waals surface area contributed by atoms with E-state index in [4.69, 9.17) is 27.5 Å². The lowest BCUT2D eigenvalue weighted by atomic mass is 9.82. The van der Waals surface area contributed by atoms with E-state index in [9.17, 15) is 27.9 Å². The molecule has 168 valence electrons. The van der Waals surface area contributed by atoms with E-state index in [1.165, 1.54) is 6.07 Å². The summed E-state index contributed by atoms with van der Waals surface area (Å²) in [5.41, 5.74) is -2.31. The molecule has 2 fully saturated rings. The van der Waals surface area contributed by atoms with Crippen LogP contribution in [0.25, 0.3) is 0 Å². The standard InChI is InChI=1S/C20H18ClF4NO5/c1-2-15(27)26(19(18(28)29)5-7-30-8-6-19)13-3-4-14(16(21)17(13)22)31-12-9-11(10-12)20(23,24)25/h1,3-4,11-12H,5-10H2,(H,28,29). The topological polar surface area (TPSA) is 76.1 Å². The Kier molecular flexibility index (Phi) is 6.39. The molecule has 3 rings (SSSR count). The van der Waals surface area contributed by atoms with E-state index in [-0.39, 0.29) is 44.6 Å². The van der Waals surface area contributed by atoms with Crippen LogP contribution in [0.15, 0.2) is 12.1 Å². The van der Waals surface area contributed by atoms with Crippen LogP contribution in [0.2, 0.25) is 5.02 Å². The van der Waals surface area contributed by atoms with Gasteiger partial charge in [0, 0.05) is 26.1 Å². The summed E-state index contributed by atoms with van der Waals surface area (Å²) in [4.78, 5) is 25.2. The number of benzene rings is 1. The summed E-state index contributed by atoms with van der Waals surface area (Å²) in [6.07, 6.45) is -0.762. The van der Waals surface area contributed by atoms with Crippen LogP contribution in [0.5, 0.6) is 5.75 Å². The molecular formula is C20H18ClF4NO5. The number of amides is 1. The number of ether oxygens (including phenoxy) is 2. The van der Waals surface area contributed by atoms with Gasteiger partial charge in [-0.15, -0.1) is 6.42 Å². The highest BCUT2D eigenvalue weighted by Crippen LogP contribution is 2.45. The molecule has 0 unspecified atom stereocenters. The van der Waals surface area contributed by atoms with Gasteiger partial charge in [0.1, 0.15) is 10.8 Å². The van der Waals surface area contributed by atoms with Crippen LogP contribution in [-0.4, -0.2) is 48.0 Å². The number of carboxylic acids is 1. The Bertz CT molecular complexity index is 917. The summed E-state index contributed by atoms with van der Waals surface area (Å²) < 4.78 is 63.6. The van der Waals surface area contributed by atoms with Crippen LogP contribution in [0, 0.1) is 24.1 Å². The molecule has 0 atom stereocenters. The number of nitrogens with zero attached hydrogens (tertiary/aromatic N) is 1. The number of carboxylic acid groups (broad SMARTS) is 1. The van der Waals surface area contributed by atoms with E-state index in [0.29, 0.717) is 4.90 Å². The van der Waals surface area contributed by atoms with Crippen LogP contribution < -0.4 is 9.64 Å². The minimum atomic E-state index is -4.33. The fourth-order valence-corrected chi connectivity index (χ4v) is 3.94. The zero-order valence-corrected chi connectivity index (χ0v) is 16.8. The summed E-state index contributed by atoms with van der Waals surface area (Å²) >= 11 is 6.02. The van der Waals surface area contributed by atoms with Gasteiger partial charge in [0.05, 0.1) is 17.7 Å². The van der Waals surface area contributed by atoms with Gasteiger partial charge in [-0.3, -0.25) is 9.69 Å². The molecule has 1 saturated carbocycles. The average Bonchev–Trinajstić information content (AvgIpc) is 2.68. The summed E-state index contributed by atoms with van der Waals surface area (Å²) in [6, 6.07) is 2.25. The van der Waals surface area contributed by atoms with Gasteiger partial charge in [-0.2, -0.15) is 13.2 Å². The molecule has 0 radical (unpaired) electrons. The first-order chi connectivity index (χ1) is 14.5. The van der Waals surface area contributed by atoms with Gasteiger partial charge in [0.2, 0.25) is 0 Å². The van der Waals surface area contributed by atoms with Crippen molar-refractivity contribution in [2.45, 2.75) is 43.5 Å². The quantitative estimate of drug-likeness (QED) is 0.531. The highest BCUT2D eigenvalue weighted by molar-refractivity contribution is 6.32. The Morgan fingerprint density at radius 1 is 1.29 bits per heavy atom. The van der Waals surface area contributed by atoms with Crippen molar-refractivity contribution >= 4 is 29.2 Å². The molecule has 1 saturated heterocycles. The van der Waals surface area contributed by atoms with E-state index >= 15 is 4.39 Å².